The molecule has 0 saturated carbocycles. The molecule has 0 aliphatic carbocycles. The van der Waals surface area contributed by atoms with Crippen molar-refractivity contribution in [1.29, 1.82) is 0 Å². The highest BCUT2D eigenvalue weighted by Gasteiger charge is 2.52. The average Bonchev–Trinajstić information content (AvgIpc) is 1.73. The smallest absolute Gasteiger partial charge is 0.472 e. The summed E-state index contributed by atoms with van der Waals surface area (Å²) in [6, 6.07) is 24.6. The van der Waals surface area contributed by atoms with Crippen molar-refractivity contribution in [1.82, 2.24) is 77.7 Å². The third-order valence-corrected chi connectivity index (χ3v) is 25.9. The maximum atomic E-state index is 14.8. The van der Waals surface area contributed by atoms with Gasteiger partial charge < -0.3 is 90.2 Å². The second-order valence-electron chi connectivity index (χ2n) is 29.4. The molecule has 16 rings (SSSR count). The minimum absolute atomic E-state index is 0.000155. The van der Waals surface area contributed by atoms with Gasteiger partial charge in [-0.15, -0.1) is 0 Å². The zero-order valence-electron chi connectivity index (χ0n) is 66.5. The maximum Gasteiger partial charge on any atom is 0.472 e. The Balaban J connectivity index is 0.635. The van der Waals surface area contributed by atoms with E-state index in [0.29, 0.717) is 28.2 Å². The van der Waals surface area contributed by atoms with Crippen LogP contribution in [0, 0.1) is 6.92 Å². The van der Waals surface area contributed by atoms with E-state index in [4.69, 9.17) is 102 Å². The molecule has 11 aromatic rings. The second-order valence-corrected chi connectivity index (χ2v) is 36.2. The number of phosphoric acid groups is 5. The lowest BCUT2D eigenvalue weighted by molar-refractivity contribution is -0.0940. The van der Waals surface area contributed by atoms with E-state index in [1.165, 1.54) is 55.3 Å². The standard InChI is InChI=1S/C70H81N20O32P5/c1-35-24-87(69(94)85-65(35)91)53-21-44(49(115-53)28-111-124(98,99)119-42-22-55(89-33-80-58-61(73)76-31-78-63(58)89)113-46(42)25-108-70(36-7-5-4-6-8-36,37-9-13-39(106-2)14-10-37)38-11-15-40(107-3)16-12-38)121-126(102,103)112-29-50-45(23-56(117-50)90-34-81-59-64(90)83-67(74)84-66(59)92)122-127(104,105)110-27-48-43(20-52(114-48)86-18-17-51(71)82-68(86)93)120-125(100,101)109-26-47-41(118-123(95,96)97)19-54(116-47)88-32-79-57-60(72)75-30-77-62(57)88/h4-18,24,30-34,41-50,52-56H,19-23,25-29H2,1-3H3,(H,98,99)(H,100,101)(H,102,103)(H,104,105)(H2,71,82,93)(H2,72,75,77)(H2,73,76,78)(H,85,91,94)(H2,95,96,97)(H3,74,83,84,92)/t41-,42-,43-,44-,45-,46+,47+,48+,49+,50+,52+,53+,54+,55+,56+/m0/s1. The summed E-state index contributed by atoms with van der Waals surface area (Å²) in [7, 11) is -24.5. The highest BCUT2D eigenvalue weighted by Crippen LogP contribution is 2.57. The van der Waals surface area contributed by atoms with Gasteiger partial charge in [0.2, 0.25) is 5.95 Å². The molecule has 52 nitrogen and oxygen atoms in total. The third kappa shape index (κ3) is 19.9. The van der Waals surface area contributed by atoms with E-state index in [1.54, 1.807) is 24.3 Å². The molecule has 3 aromatic carbocycles. The molecule has 0 spiro atoms. The number of imidazole rings is 3. The number of H-pyrrole nitrogens is 2. The van der Waals surface area contributed by atoms with Gasteiger partial charge in [0.05, 0.1) is 66.2 Å². The number of fused-ring (bicyclic) bond motifs is 3. The van der Waals surface area contributed by atoms with Gasteiger partial charge >= 0.3 is 50.5 Å². The van der Waals surface area contributed by atoms with Gasteiger partial charge in [-0.25, -0.2) is 67.3 Å². The molecule has 678 valence electrons. The quantitative estimate of drug-likeness (QED) is 0.0200. The molecule has 19 atom stereocenters. The summed E-state index contributed by atoms with van der Waals surface area (Å²) in [5, 5.41) is 0. The van der Waals surface area contributed by atoms with E-state index < -0.39 is 212 Å². The average molecular weight is 1870 g/mol. The van der Waals surface area contributed by atoms with Gasteiger partial charge in [0.15, 0.2) is 34.1 Å². The van der Waals surface area contributed by atoms with E-state index >= 15 is 0 Å². The summed E-state index contributed by atoms with van der Waals surface area (Å²) in [6.45, 7) is -3.25. The number of nitrogens with one attached hydrogen (secondary N) is 2. The fourth-order valence-corrected chi connectivity index (χ4v) is 19.8. The number of benzene rings is 3. The Morgan fingerprint density at radius 3 is 1.24 bits per heavy atom. The van der Waals surface area contributed by atoms with Crippen LogP contribution in [0.5, 0.6) is 11.5 Å². The molecule has 5 aliphatic rings. The van der Waals surface area contributed by atoms with Gasteiger partial charge in [0.25, 0.3) is 11.1 Å². The largest absolute Gasteiger partial charge is 0.497 e. The molecule has 8 aromatic heterocycles. The first-order valence-corrected chi connectivity index (χ1v) is 45.9. The SMILES string of the molecule is COc1ccc(C(OC[C@H]2O[C@@H](n3cnc4c(N)ncnc43)C[C@@H]2OP(=O)(O)OC[C@H]2O[C@@H](n3cc(C)c(=O)[nH]c3=O)C[C@@H]2OP(=O)(O)OC[C@H]2O[C@@H](n3cnc4c(=O)[nH]c(N)nc43)C[C@@H]2OP(=O)(O)OC[C@H]2O[C@@H](n3ccc(N)nc3=O)C[C@@H]2OP(=O)(O)OC[C@H]2O[C@@H](n3cnc4c(N)ncnc43)C[C@@H]2OP(=O)(O)O)(c2ccccc2)c2ccc(OC)cc2)cc1. The zero-order valence-corrected chi connectivity index (χ0v) is 70.9. The van der Waals surface area contributed by atoms with Crippen LogP contribution in [0.3, 0.4) is 0 Å². The number of nitrogen functional groups attached to an aromatic ring is 4. The molecule has 4 unspecified atom stereocenters. The van der Waals surface area contributed by atoms with Crippen molar-refractivity contribution in [2.75, 3.05) is 70.2 Å². The van der Waals surface area contributed by atoms with Crippen LogP contribution < -0.4 is 54.9 Å². The summed E-state index contributed by atoms with van der Waals surface area (Å²) in [4.78, 5) is 161. The van der Waals surface area contributed by atoms with E-state index in [-0.39, 0.29) is 75.3 Å². The molecule has 0 radical (unpaired) electrons. The number of rotatable bonds is 35. The van der Waals surface area contributed by atoms with Gasteiger partial charge in [-0.1, -0.05) is 54.6 Å². The number of hydrogen-bond acceptors (Lipinski definition) is 39. The molecule has 0 bridgehead atoms. The van der Waals surface area contributed by atoms with Crippen LogP contribution in [0.15, 0.2) is 148 Å². The fraction of sp³-hybridized carbons (Fsp3) is 0.414. The van der Waals surface area contributed by atoms with E-state index in [9.17, 15) is 71.4 Å². The number of nitrogens with zero attached hydrogens (tertiary/aromatic N) is 14. The molecule has 5 fully saturated rings. The van der Waals surface area contributed by atoms with Crippen LogP contribution in [-0.4, -0.2) is 215 Å². The van der Waals surface area contributed by atoms with Gasteiger partial charge in [-0.3, -0.25) is 83.1 Å². The normalized spacial score (nSPS) is 25.9. The minimum atomic E-state index is -5.65. The molecule has 16 N–H and O–H groups in total. The lowest BCUT2D eigenvalue weighted by Gasteiger charge is -2.37. The number of aromatic nitrogens is 16. The summed E-state index contributed by atoms with van der Waals surface area (Å²) >= 11 is 0. The van der Waals surface area contributed by atoms with Crippen molar-refractivity contribution in [2.24, 2.45) is 0 Å². The number of ether oxygens (including phenoxy) is 8. The molecule has 57 heteroatoms. The van der Waals surface area contributed by atoms with Crippen LogP contribution >= 0.6 is 39.1 Å². The minimum Gasteiger partial charge on any atom is -0.497 e. The summed E-state index contributed by atoms with van der Waals surface area (Å²) < 4.78 is 176. The first-order chi connectivity index (χ1) is 60.5. The van der Waals surface area contributed by atoms with Crippen molar-refractivity contribution in [3.8, 4) is 11.5 Å². The lowest BCUT2D eigenvalue weighted by atomic mass is 9.80. The number of hydrogen-bond donors (Lipinski definition) is 12. The number of aromatic amines is 2. The van der Waals surface area contributed by atoms with Crippen molar-refractivity contribution in [2.45, 2.75) is 137 Å². The van der Waals surface area contributed by atoms with Gasteiger partial charge in [-0.05, 0) is 53.9 Å². The Bertz CT molecular complexity index is 6340. The monoisotopic (exact) mass is 1870 g/mol. The van der Waals surface area contributed by atoms with Gasteiger partial charge in [-0.2, -0.15) is 9.97 Å². The molecule has 13 heterocycles. The van der Waals surface area contributed by atoms with Crippen LogP contribution in [0.4, 0.5) is 23.4 Å². The Kier molecular flexibility index (Phi) is 25.8. The van der Waals surface area contributed by atoms with Crippen LogP contribution in [0.25, 0.3) is 33.5 Å². The number of anilines is 4. The molecular formula is C70H81N20O32P5. The number of nitrogens with two attached hydrogens (primary N) is 4. The van der Waals surface area contributed by atoms with Gasteiger partial charge in [0.1, 0.15) is 139 Å². The van der Waals surface area contributed by atoms with Crippen molar-refractivity contribution in [3.63, 3.8) is 0 Å². The highest BCUT2D eigenvalue weighted by atomic mass is 31.2. The summed E-state index contributed by atoms with van der Waals surface area (Å²) in [5.41, 5.74) is 20.9. The maximum absolute atomic E-state index is 14.8. The predicted molar refractivity (Wildman–Crippen MR) is 431 cm³/mol. The topological polar surface area (TPSA) is 708 Å². The Hall–Kier alpha value is -10.2. The zero-order chi connectivity index (χ0) is 89.8. The molecule has 5 saturated heterocycles. The molecule has 0 amide bonds. The Morgan fingerprint density at radius 2 is 0.827 bits per heavy atom. The Morgan fingerprint density at radius 1 is 0.441 bits per heavy atom. The van der Waals surface area contributed by atoms with E-state index in [0.717, 1.165) is 38.7 Å². The first-order valence-electron chi connectivity index (χ1n) is 38.4. The van der Waals surface area contributed by atoms with Crippen LogP contribution in [-0.2, 0) is 97.6 Å². The van der Waals surface area contributed by atoms with E-state index in [2.05, 4.69) is 54.8 Å². The second kappa shape index (κ2) is 36.4. The fourth-order valence-electron chi connectivity index (χ4n) is 15.4. The molecule has 127 heavy (non-hydrogen) atoms. The predicted octanol–water partition coefficient (Wildman–Crippen LogP) is 3.19. The third-order valence-electron chi connectivity index (χ3n) is 21.3. The number of aryl methyl sites for hydroxylation is 1. The first kappa shape index (κ1) is 90.1. The summed E-state index contributed by atoms with van der Waals surface area (Å²) in [5.74, 6) is 0.484. The lowest BCUT2D eigenvalue weighted by Crippen LogP contribution is -2.38. The number of phosphoric ester groups is 5. The Labute approximate surface area is 712 Å². The van der Waals surface area contributed by atoms with E-state index in [1.807, 2.05) is 54.6 Å². The van der Waals surface area contributed by atoms with Crippen molar-refractivity contribution in [3.05, 3.63) is 193 Å². The molecule has 5 aliphatic heterocycles. The van der Waals surface area contributed by atoms with Crippen molar-refractivity contribution >= 4 is 96.0 Å². The van der Waals surface area contributed by atoms with Gasteiger partial charge in [0, 0.05) is 50.1 Å². The highest BCUT2D eigenvalue weighted by molar-refractivity contribution is 7.48. The van der Waals surface area contributed by atoms with Crippen molar-refractivity contribution < 1.29 is 131 Å². The summed E-state index contributed by atoms with van der Waals surface area (Å²) in [6.07, 6.45) is -16.7. The van der Waals surface area contributed by atoms with Crippen LogP contribution in [0.2, 0.25) is 0 Å². The molecular weight excluding hydrogens is 1790 g/mol. The van der Waals surface area contributed by atoms with Crippen LogP contribution in [0.1, 0.15) is 85.5 Å². The number of methoxy groups -OCH3 is 2.